The van der Waals surface area contributed by atoms with Gasteiger partial charge >= 0.3 is 0 Å². The van der Waals surface area contributed by atoms with Gasteiger partial charge in [-0.3, -0.25) is 0 Å². The number of rotatable bonds is 6. The molecule has 3 aromatic heterocycles. The zero-order chi connectivity index (χ0) is 37.0. The van der Waals surface area contributed by atoms with Crippen LogP contribution in [0.4, 0.5) is 0 Å². The molecule has 0 saturated carbocycles. The number of hydrogen-bond donors (Lipinski definition) is 0. The average Bonchev–Trinajstić information content (AvgIpc) is 3.83. The lowest BCUT2D eigenvalue weighted by molar-refractivity contribution is 0.669. The zero-order valence-corrected chi connectivity index (χ0v) is 30.2. The maximum atomic E-state index is 6.31. The van der Waals surface area contributed by atoms with Gasteiger partial charge in [-0.25, -0.2) is 15.0 Å². The van der Waals surface area contributed by atoms with Crippen LogP contribution in [-0.4, -0.2) is 19.5 Å². The molecule has 262 valence electrons. The molecule has 0 bridgehead atoms. The molecule has 0 N–H and O–H groups in total. The van der Waals surface area contributed by atoms with Crippen molar-refractivity contribution in [2.24, 2.45) is 0 Å². The smallest absolute Gasteiger partial charge is 0.164 e. The van der Waals surface area contributed by atoms with E-state index in [2.05, 4.69) is 162 Å². The van der Waals surface area contributed by atoms with Crippen LogP contribution in [0.1, 0.15) is 0 Å². The topological polar surface area (TPSA) is 56.7 Å². The van der Waals surface area contributed by atoms with E-state index < -0.39 is 0 Å². The van der Waals surface area contributed by atoms with Gasteiger partial charge in [0.25, 0.3) is 0 Å². The first-order valence-corrected chi connectivity index (χ1v) is 18.8. The molecule has 0 saturated heterocycles. The Morgan fingerprint density at radius 3 is 1.66 bits per heavy atom. The van der Waals surface area contributed by atoms with Crippen molar-refractivity contribution in [3.8, 4) is 62.1 Å². The van der Waals surface area contributed by atoms with Gasteiger partial charge in [0.2, 0.25) is 0 Å². The standard InChI is InChI=1S/C51H32N4O/c1-3-14-33(15-4-1)34-16-11-17-35(30-34)36-18-12-19-37(31-36)49-52-50(54-51(53-49)43-24-13-27-47-48(43)42-23-8-10-26-46(42)56-47)38-28-29-41-40-22-7-9-25-44(40)55(45(41)32-38)39-20-5-2-6-21-39/h1-32H. The highest BCUT2D eigenvalue weighted by molar-refractivity contribution is 6.12. The van der Waals surface area contributed by atoms with E-state index in [-0.39, 0.29) is 0 Å². The van der Waals surface area contributed by atoms with Crippen molar-refractivity contribution in [1.82, 2.24) is 19.5 Å². The molecule has 3 heterocycles. The van der Waals surface area contributed by atoms with Gasteiger partial charge in [-0.2, -0.15) is 0 Å². The molecule has 0 amide bonds. The quantitative estimate of drug-likeness (QED) is 0.172. The van der Waals surface area contributed by atoms with Gasteiger partial charge < -0.3 is 8.98 Å². The van der Waals surface area contributed by atoms with E-state index in [1.807, 2.05) is 36.4 Å². The predicted molar refractivity (Wildman–Crippen MR) is 229 cm³/mol. The molecule has 0 aliphatic rings. The Labute approximate surface area is 322 Å². The maximum Gasteiger partial charge on any atom is 0.164 e. The number of hydrogen-bond acceptors (Lipinski definition) is 4. The van der Waals surface area contributed by atoms with Crippen LogP contribution in [0.5, 0.6) is 0 Å². The molecule has 0 aliphatic carbocycles. The number of benzene rings is 8. The summed E-state index contributed by atoms with van der Waals surface area (Å²) < 4.78 is 8.63. The average molecular weight is 717 g/mol. The summed E-state index contributed by atoms with van der Waals surface area (Å²) in [7, 11) is 0. The first kappa shape index (κ1) is 31.9. The fourth-order valence-corrected chi connectivity index (χ4v) is 8.03. The minimum atomic E-state index is 0.585. The summed E-state index contributed by atoms with van der Waals surface area (Å²) in [6, 6.07) is 67.5. The molecule has 56 heavy (non-hydrogen) atoms. The largest absolute Gasteiger partial charge is 0.456 e. The molecule has 0 unspecified atom stereocenters. The fourth-order valence-electron chi connectivity index (χ4n) is 8.03. The summed E-state index contributed by atoms with van der Waals surface area (Å²) in [6.45, 7) is 0. The van der Waals surface area contributed by atoms with E-state index in [4.69, 9.17) is 19.4 Å². The molecule has 11 rings (SSSR count). The molecule has 0 atom stereocenters. The van der Waals surface area contributed by atoms with Gasteiger partial charge in [-0.05, 0) is 70.8 Å². The van der Waals surface area contributed by atoms with Crippen LogP contribution in [0, 0.1) is 0 Å². The van der Waals surface area contributed by atoms with Gasteiger partial charge in [0, 0.05) is 43.9 Å². The van der Waals surface area contributed by atoms with Crippen molar-refractivity contribution in [2.45, 2.75) is 0 Å². The molecule has 11 aromatic rings. The molecule has 5 heteroatoms. The number of para-hydroxylation sites is 3. The lowest BCUT2D eigenvalue weighted by Gasteiger charge is -2.12. The summed E-state index contributed by atoms with van der Waals surface area (Å²) >= 11 is 0. The van der Waals surface area contributed by atoms with Crippen LogP contribution >= 0.6 is 0 Å². The van der Waals surface area contributed by atoms with E-state index in [0.29, 0.717) is 17.5 Å². The molecular formula is C51H32N4O. The summed E-state index contributed by atoms with van der Waals surface area (Å²) in [4.78, 5) is 15.7. The Morgan fingerprint density at radius 1 is 0.339 bits per heavy atom. The van der Waals surface area contributed by atoms with Crippen LogP contribution in [0.2, 0.25) is 0 Å². The number of fused-ring (bicyclic) bond motifs is 6. The minimum absolute atomic E-state index is 0.585. The predicted octanol–water partition coefficient (Wildman–Crippen LogP) is 13.2. The van der Waals surface area contributed by atoms with Crippen molar-refractivity contribution in [3.05, 3.63) is 194 Å². The first-order chi connectivity index (χ1) is 27.7. The fraction of sp³-hybridized carbons (Fsp3) is 0. The van der Waals surface area contributed by atoms with Crippen LogP contribution in [-0.2, 0) is 0 Å². The first-order valence-electron chi connectivity index (χ1n) is 18.8. The summed E-state index contributed by atoms with van der Waals surface area (Å²) in [5, 5.41) is 4.37. The van der Waals surface area contributed by atoms with Crippen molar-refractivity contribution >= 4 is 43.7 Å². The second-order valence-electron chi connectivity index (χ2n) is 14.0. The monoisotopic (exact) mass is 716 g/mol. The summed E-state index contributed by atoms with van der Waals surface area (Å²) in [5.74, 6) is 1.78. The second-order valence-corrected chi connectivity index (χ2v) is 14.0. The second kappa shape index (κ2) is 13.0. The molecule has 0 fully saturated rings. The SMILES string of the molecule is c1ccc(-c2cccc(-c3cccc(-c4nc(-c5ccc6c7ccccc7n(-c7ccccc7)c6c5)nc(-c5cccc6oc7ccccc7c56)n4)c3)c2)cc1. The summed E-state index contributed by atoms with van der Waals surface area (Å²) in [6.07, 6.45) is 0. The molecule has 0 aliphatic heterocycles. The molecule has 0 spiro atoms. The highest BCUT2D eigenvalue weighted by Gasteiger charge is 2.20. The van der Waals surface area contributed by atoms with E-state index >= 15 is 0 Å². The Bertz CT molecular complexity index is 3250. The molecule has 8 aromatic carbocycles. The van der Waals surface area contributed by atoms with Gasteiger partial charge in [-0.1, -0.05) is 146 Å². The molecule has 0 radical (unpaired) electrons. The van der Waals surface area contributed by atoms with E-state index in [1.165, 1.54) is 21.9 Å². The highest BCUT2D eigenvalue weighted by atomic mass is 16.3. The lowest BCUT2D eigenvalue weighted by atomic mass is 9.98. The van der Waals surface area contributed by atoms with E-state index in [1.54, 1.807) is 0 Å². The number of aromatic nitrogens is 4. The maximum absolute atomic E-state index is 6.31. The third kappa shape index (κ3) is 5.37. The van der Waals surface area contributed by atoms with Crippen LogP contribution in [0.3, 0.4) is 0 Å². The molecule has 5 nitrogen and oxygen atoms in total. The normalized spacial score (nSPS) is 11.6. The zero-order valence-electron chi connectivity index (χ0n) is 30.2. The Kier molecular flexibility index (Phi) is 7.42. The van der Waals surface area contributed by atoms with Crippen molar-refractivity contribution in [1.29, 1.82) is 0 Å². The number of nitrogens with zero attached hydrogens (tertiary/aromatic N) is 4. The van der Waals surface area contributed by atoms with Gasteiger partial charge in [0.15, 0.2) is 17.5 Å². The minimum Gasteiger partial charge on any atom is -0.456 e. The van der Waals surface area contributed by atoms with Crippen molar-refractivity contribution in [3.63, 3.8) is 0 Å². The molecular weight excluding hydrogens is 685 g/mol. The van der Waals surface area contributed by atoms with Gasteiger partial charge in [0.1, 0.15) is 11.2 Å². The van der Waals surface area contributed by atoms with E-state index in [9.17, 15) is 0 Å². The third-order valence-electron chi connectivity index (χ3n) is 10.6. The van der Waals surface area contributed by atoms with Crippen LogP contribution < -0.4 is 0 Å². The van der Waals surface area contributed by atoms with Gasteiger partial charge in [0.05, 0.1) is 11.0 Å². The van der Waals surface area contributed by atoms with Crippen molar-refractivity contribution < 1.29 is 4.42 Å². The summed E-state index contributed by atoms with van der Waals surface area (Å²) in [5.41, 5.74) is 12.2. The van der Waals surface area contributed by atoms with Crippen LogP contribution in [0.25, 0.3) is 106 Å². The third-order valence-corrected chi connectivity index (χ3v) is 10.6. The van der Waals surface area contributed by atoms with Crippen molar-refractivity contribution in [2.75, 3.05) is 0 Å². The van der Waals surface area contributed by atoms with Crippen LogP contribution in [0.15, 0.2) is 199 Å². The Hall–Kier alpha value is -7.63. The number of furan rings is 1. The van der Waals surface area contributed by atoms with Gasteiger partial charge in [-0.15, -0.1) is 0 Å². The van der Waals surface area contributed by atoms with E-state index in [0.717, 1.165) is 66.5 Å². The Morgan fingerprint density at radius 2 is 0.875 bits per heavy atom. The lowest BCUT2D eigenvalue weighted by Crippen LogP contribution is -2.01. The highest BCUT2D eigenvalue weighted by Crippen LogP contribution is 2.38. The Balaban J connectivity index is 1.12.